The summed E-state index contributed by atoms with van der Waals surface area (Å²) in [6.07, 6.45) is 11.1. The largest absolute Gasteiger partial charge is 0.477 e. The number of aromatic amines is 3. The van der Waals surface area contributed by atoms with Crippen molar-refractivity contribution in [1.29, 1.82) is 0 Å². The Labute approximate surface area is 463 Å². The molecule has 0 aliphatic heterocycles. The van der Waals surface area contributed by atoms with Gasteiger partial charge < -0.3 is 14.9 Å². The van der Waals surface area contributed by atoms with E-state index in [0.29, 0.717) is 22.4 Å². The molecule has 3 aliphatic rings. The highest BCUT2D eigenvalue weighted by Gasteiger charge is 2.48. The Bertz CT molecular complexity index is 3300. The summed E-state index contributed by atoms with van der Waals surface area (Å²) in [4.78, 5) is 49.6. The van der Waals surface area contributed by atoms with E-state index in [4.69, 9.17) is 0 Å². The molecule has 4 N–H and O–H groups in total. The van der Waals surface area contributed by atoms with Crippen molar-refractivity contribution in [3.63, 3.8) is 0 Å². The van der Waals surface area contributed by atoms with Gasteiger partial charge in [0.2, 0.25) is 0 Å². The van der Waals surface area contributed by atoms with E-state index in [1.807, 2.05) is 6.07 Å². The molecule has 76 heavy (non-hydrogen) atoms. The van der Waals surface area contributed by atoms with Gasteiger partial charge >= 0.3 is 5.97 Å². The Balaban J connectivity index is 0.000000130. The van der Waals surface area contributed by atoms with Crippen molar-refractivity contribution in [3.05, 3.63) is 147 Å². The number of hydrogen-bond acceptors (Lipinski definition) is 18. The predicted molar refractivity (Wildman–Crippen MR) is 298 cm³/mol. The maximum Gasteiger partial charge on any atom is 0.345 e. The van der Waals surface area contributed by atoms with Gasteiger partial charge in [0, 0.05) is 57.5 Å². The van der Waals surface area contributed by atoms with E-state index in [2.05, 4.69) is 129 Å². The quantitative estimate of drug-likeness (QED) is 0.0892. The van der Waals surface area contributed by atoms with Gasteiger partial charge in [0.15, 0.2) is 17.5 Å². The summed E-state index contributed by atoms with van der Waals surface area (Å²) in [7, 11) is 7.18. The minimum atomic E-state index is -0.878. The van der Waals surface area contributed by atoms with Crippen molar-refractivity contribution in [2.24, 2.45) is 0 Å². The minimum absolute atomic E-state index is 0.0483. The molecule has 0 radical (unpaired) electrons. The third-order valence-corrected chi connectivity index (χ3v) is 21.2. The van der Waals surface area contributed by atoms with Crippen LogP contribution in [0.3, 0.4) is 0 Å². The van der Waals surface area contributed by atoms with E-state index < -0.39 is 22.2 Å². The highest BCUT2D eigenvalue weighted by atomic mass is 32.1. The molecule has 9 heterocycles. The van der Waals surface area contributed by atoms with Crippen molar-refractivity contribution >= 4 is 85.8 Å². The standard InChI is InChI=1S/2C18H21N5OS2.C16H16N4O2S2/c2*1-4-8-18(17-19-21-22-20-17)11-7-9-25-13(11)5-6-14-12(18)10-15(26-14)16(24)23(2)3;1-2-6-16(15-17-19-20-18-15)9-5-7-23-11(9)3-4-12-10(16)8-13(24-12)14(21)22/h2*7,9-10H,4-6,8H2,1-3H3,(H,19,20,21,22);5,7-8H,2-4,6H2,1H3,(H,21,22)(H,17,18,19,20). The molecule has 3 atom stereocenters. The highest BCUT2D eigenvalue weighted by Crippen LogP contribution is 2.53. The Hall–Kier alpha value is -6.18. The third-order valence-electron chi connectivity index (χ3n) is 14.7. The number of aromatic nitrogens is 12. The maximum absolute atomic E-state index is 12.6. The minimum Gasteiger partial charge on any atom is -0.477 e. The number of nitrogens with zero attached hydrogens (tertiary/aromatic N) is 11. The van der Waals surface area contributed by atoms with Crippen LogP contribution in [-0.2, 0) is 54.8 Å². The second kappa shape index (κ2) is 22.0. The molecule has 0 saturated heterocycles. The molecule has 0 aromatic carbocycles. The summed E-state index contributed by atoms with van der Waals surface area (Å²) in [6, 6.07) is 12.5. The summed E-state index contributed by atoms with van der Waals surface area (Å²) >= 11 is 9.94. The zero-order chi connectivity index (χ0) is 53.4. The van der Waals surface area contributed by atoms with Crippen LogP contribution >= 0.6 is 68.0 Å². The van der Waals surface area contributed by atoms with Crippen molar-refractivity contribution in [2.45, 2.75) is 114 Å². The van der Waals surface area contributed by atoms with Crippen molar-refractivity contribution in [1.82, 2.24) is 71.7 Å². The topological polar surface area (TPSA) is 241 Å². The van der Waals surface area contributed by atoms with Crippen LogP contribution < -0.4 is 0 Å². The lowest BCUT2D eigenvalue weighted by Gasteiger charge is -2.30. The number of carboxylic acids is 1. The lowest BCUT2D eigenvalue weighted by atomic mass is 9.71. The van der Waals surface area contributed by atoms with E-state index >= 15 is 0 Å². The molecule has 0 spiro atoms. The number of rotatable bonds is 12. The van der Waals surface area contributed by atoms with Crippen LogP contribution in [-0.4, -0.2) is 123 Å². The van der Waals surface area contributed by atoms with E-state index in [1.54, 1.807) is 94.7 Å². The first kappa shape index (κ1) is 53.2. The summed E-state index contributed by atoms with van der Waals surface area (Å²) in [6.45, 7) is 6.48. The van der Waals surface area contributed by atoms with Gasteiger partial charge in [-0.05, 0) is 144 Å². The number of hydrogen-bond donors (Lipinski definition) is 4. The average molecular weight is 1140 g/mol. The van der Waals surface area contributed by atoms with Gasteiger partial charge in [-0.25, -0.2) is 4.79 Å². The molecule has 12 rings (SSSR count). The van der Waals surface area contributed by atoms with E-state index in [0.717, 1.165) is 97.2 Å². The number of aromatic carboxylic acids is 1. The summed E-state index contributed by atoms with van der Waals surface area (Å²) in [5.41, 5.74) is 5.72. The number of fused-ring (bicyclic) bond motifs is 6. The smallest absolute Gasteiger partial charge is 0.345 e. The number of amides is 2. The summed E-state index contributed by atoms with van der Waals surface area (Å²) < 4.78 is 0. The Kier molecular flexibility index (Phi) is 15.4. The van der Waals surface area contributed by atoms with E-state index in [1.165, 1.54) is 63.5 Å². The van der Waals surface area contributed by atoms with Crippen molar-refractivity contribution in [2.75, 3.05) is 28.2 Å². The molecule has 0 fully saturated rings. The average Bonchev–Trinajstić information content (AvgIpc) is 4.31. The number of thiophene rings is 6. The van der Waals surface area contributed by atoms with Crippen LogP contribution in [0.15, 0.2) is 52.5 Å². The van der Waals surface area contributed by atoms with Crippen LogP contribution in [0.2, 0.25) is 0 Å². The maximum atomic E-state index is 12.6. The fraction of sp³-hybridized carbons (Fsp3) is 0.423. The summed E-state index contributed by atoms with van der Waals surface area (Å²) in [5.74, 6) is 1.24. The molecule has 396 valence electrons. The molecular weight excluding hydrogens is 1080 g/mol. The molecule has 3 aliphatic carbocycles. The van der Waals surface area contributed by atoms with Gasteiger partial charge in [-0.3, -0.25) is 9.59 Å². The predicted octanol–water partition coefficient (Wildman–Crippen LogP) is 9.77. The van der Waals surface area contributed by atoms with Gasteiger partial charge in [0.05, 0.1) is 26.0 Å². The first-order valence-electron chi connectivity index (χ1n) is 25.3. The number of carboxylic acid groups (broad SMARTS) is 1. The number of aryl methyl sites for hydroxylation is 6. The Morgan fingerprint density at radius 3 is 1.07 bits per heavy atom. The van der Waals surface area contributed by atoms with Gasteiger partial charge in [-0.2, -0.15) is 15.6 Å². The number of H-pyrrole nitrogens is 3. The van der Waals surface area contributed by atoms with E-state index in [9.17, 15) is 19.5 Å². The van der Waals surface area contributed by atoms with Gasteiger partial charge in [-0.1, -0.05) is 55.7 Å². The van der Waals surface area contributed by atoms with E-state index in [-0.39, 0.29) is 11.8 Å². The molecule has 9 aromatic rings. The van der Waals surface area contributed by atoms with Gasteiger partial charge in [-0.15, -0.1) is 98.6 Å². The normalized spacial score (nSPS) is 19.1. The molecule has 0 bridgehead atoms. The van der Waals surface area contributed by atoms with Crippen molar-refractivity contribution < 1.29 is 19.5 Å². The van der Waals surface area contributed by atoms with Crippen LogP contribution in [0, 0.1) is 0 Å². The highest BCUT2D eigenvalue weighted by molar-refractivity contribution is 7.15. The number of nitrogens with one attached hydrogen (secondary N) is 3. The Morgan fingerprint density at radius 2 is 0.789 bits per heavy atom. The lowest BCUT2D eigenvalue weighted by Crippen LogP contribution is -2.31. The van der Waals surface area contributed by atoms with Crippen molar-refractivity contribution in [3.8, 4) is 0 Å². The fourth-order valence-corrected chi connectivity index (χ4v) is 18.0. The Morgan fingerprint density at radius 1 is 0.487 bits per heavy atom. The fourth-order valence-electron chi connectivity index (χ4n) is 11.6. The molecule has 9 aromatic heterocycles. The van der Waals surface area contributed by atoms with Gasteiger partial charge in [0.1, 0.15) is 4.88 Å². The second-order valence-corrected chi connectivity index (χ2v) is 25.9. The SMILES string of the molecule is CCCC1(c2nn[nH]n2)c2ccsc2CCc2sc(C(=O)N(C)C)cc21.CCCC1(c2nn[nH]n2)c2ccsc2CCc2sc(C(=O)N(C)C)cc21.CCCC1(c2nn[nH]n2)c2ccsc2CCc2sc(C(=O)O)cc21. The summed E-state index contributed by atoms with van der Waals surface area (Å²) in [5, 5.41) is 61.4. The van der Waals surface area contributed by atoms with Crippen LogP contribution in [0.4, 0.5) is 0 Å². The van der Waals surface area contributed by atoms with Crippen LogP contribution in [0.25, 0.3) is 0 Å². The molecule has 2 amide bonds. The first-order chi connectivity index (χ1) is 36.8. The molecule has 3 unspecified atom stereocenters. The van der Waals surface area contributed by atoms with Crippen LogP contribution in [0.1, 0.15) is 168 Å². The molecule has 18 nitrogen and oxygen atoms in total. The molecule has 24 heteroatoms. The zero-order valence-electron chi connectivity index (χ0n) is 43.2. The number of carbonyl (C=O) groups is 3. The second-order valence-electron chi connectivity index (χ2n) is 19.5. The monoisotopic (exact) mass is 1130 g/mol. The number of tetrazole rings is 3. The number of carbonyl (C=O) groups excluding carboxylic acids is 2. The van der Waals surface area contributed by atoms with Gasteiger partial charge in [0.25, 0.3) is 11.8 Å². The van der Waals surface area contributed by atoms with Crippen LogP contribution in [0.5, 0.6) is 0 Å². The third kappa shape index (κ3) is 9.16. The lowest BCUT2D eigenvalue weighted by molar-refractivity contribution is 0.0701. The molecular formula is C52H58N14O4S6. The molecule has 0 saturated carbocycles. The zero-order valence-corrected chi connectivity index (χ0v) is 48.1. The first-order valence-corrected chi connectivity index (χ1v) is 30.4.